The van der Waals surface area contributed by atoms with Gasteiger partial charge in [-0.25, -0.2) is 17.6 Å². The van der Waals surface area contributed by atoms with Gasteiger partial charge < -0.3 is 0 Å². The van der Waals surface area contributed by atoms with E-state index in [0.29, 0.717) is 0 Å². The minimum absolute atomic E-state index is 0.132. The smallest absolute Gasteiger partial charge is 0.173 e. The molecule has 104 valence electrons. The zero-order valence-electron chi connectivity index (χ0n) is 9.89. The Morgan fingerprint density at radius 1 is 0.950 bits per heavy atom. The van der Waals surface area contributed by atoms with Crippen LogP contribution in [0.4, 0.5) is 17.6 Å². The van der Waals surface area contributed by atoms with Gasteiger partial charge in [0.1, 0.15) is 0 Å². The van der Waals surface area contributed by atoms with Gasteiger partial charge in [0.05, 0.1) is 4.47 Å². The van der Waals surface area contributed by atoms with Gasteiger partial charge in [-0.1, -0.05) is 12.1 Å². The fourth-order valence-electron chi connectivity index (χ4n) is 1.69. The molecule has 1 nitrogen and oxygen atoms in total. The topological polar surface area (TPSA) is 17.1 Å². The van der Waals surface area contributed by atoms with E-state index >= 15 is 0 Å². The minimum Gasteiger partial charge on any atom is -0.294 e. The summed E-state index contributed by atoms with van der Waals surface area (Å²) in [5.41, 5.74) is -0.279. The van der Waals surface area contributed by atoms with Crippen molar-refractivity contribution in [1.82, 2.24) is 0 Å². The molecule has 0 aliphatic rings. The second kappa shape index (κ2) is 5.75. The third kappa shape index (κ3) is 2.75. The Labute approximate surface area is 120 Å². The molecule has 2 aromatic rings. The van der Waals surface area contributed by atoms with Crippen LogP contribution < -0.4 is 0 Å². The Morgan fingerprint density at radius 3 is 2.30 bits per heavy atom. The largest absolute Gasteiger partial charge is 0.294 e. The van der Waals surface area contributed by atoms with Gasteiger partial charge in [-0.2, -0.15) is 0 Å². The van der Waals surface area contributed by atoms with Gasteiger partial charge in [-0.15, -0.1) is 0 Å². The molecule has 0 aliphatic carbocycles. The van der Waals surface area contributed by atoms with E-state index in [2.05, 4.69) is 15.9 Å². The van der Waals surface area contributed by atoms with E-state index in [4.69, 9.17) is 0 Å². The van der Waals surface area contributed by atoms with E-state index in [-0.39, 0.29) is 15.6 Å². The van der Waals surface area contributed by atoms with Crippen LogP contribution in [0, 0.1) is 23.3 Å². The number of benzene rings is 2. The molecule has 6 heteroatoms. The zero-order valence-corrected chi connectivity index (χ0v) is 11.5. The highest BCUT2D eigenvalue weighted by atomic mass is 79.9. The first kappa shape index (κ1) is 14.7. The highest BCUT2D eigenvalue weighted by molar-refractivity contribution is 9.10. The first-order chi connectivity index (χ1) is 9.41. The molecule has 2 rings (SSSR count). The van der Waals surface area contributed by atoms with Crippen LogP contribution in [0.5, 0.6) is 0 Å². The number of Topliss-reactive ketones (excluding diaryl/α,β-unsaturated/α-hetero) is 1. The molecule has 0 saturated carbocycles. The van der Waals surface area contributed by atoms with Crippen molar-refractivity contribution in [2.24, 2.45) is 0 Å². The van der Waals surface area contributed by atoms with Crippen LogP contribution in [-0.4, -0.2) is 5.78 Å². The highest BCUT2D eigenvalue weighted by Crippen LogP contribution is 2.25. The summed E-state index contributed by atoms with van der Waals surface area (Å²) in [4.78, 5) is 12.0. The molecule has 0 aliphatic heterocycles. The predicted octanol–water partition coefficient (Wildman–Crippen LogP) is 4.43. The molecule has 2 aromatic carbocycles. The van der Waals surface area contributed by atoms with Gasteiger partial charge in [0.15, 0.2) is 29.1 Å². The second-order valence-electron chi connectivity index (χ2n) is 4.04. The van der Waals surface area contributed by atoms with Crippen LogP contribution in [0.2, 0.25) is 0 Å². The quantitative estimate of drug-likeness (QED) is 0.456. The van der Waals surface area contributed by atoms with Crippen molar-refractivity contribution in [3.8, 4) is 0 Å². The van der Waals surface area contributed by atoms with Crippen LogP contribution in [-0.2, 0) is 6.42 Å². The van der Waals surface area contributed by atoms with Crippen molar-refractivity contribution in [2.45, 2.75) is 6.42 Å². The average Bonchev–Trinajstić information content (AvgIpc) is 2.41. The Kier molecular flexibility index (Phi) is 4.23. The third-order valence-corrected chi connectivity index (χ3v) is 3.49. The van der Waals surface area contributed by atoms with Gasteiger partial charge in [0.25, 0.3) is 0 Å². The van der Waals surface area contributed by atoms with E-state index in [1.165, 1.54) is 12.1 Å². The Morgan fingerprint density at radius 2 is 1.60 bits per heavy atom. The summed E-state index contributed by atoms with van der Waals surface area (Å²) in [5, 5.41) is 0. The van der Waals surface area contributed by atoms with E-state index in [9.17, 15) is 22.4 Å². The zero-order chi connectivity index (χ0) is 14.9. The van der Waals surface area contributed by atoms with E-state index in [0.717, 1.165) is 18.2 Å². The Hall–Kier alpha value is -1.69. The standard InChI is InChI=1S/C14H7BrF4O/c15-12-8(4-5-10(17)14(12)19)11(20)6-7-2-1-3-9(16)13(7)18/h1-5H,6H2. The number of halogens is 5. The van der Waals surface area contributed by atoms with Gasteiger partial charge in [0, 0.05) is 12.0 Å². The average molecular weight is 347 g/mol. The Balaban J connectivity index is 2.34. The number of rotatable bonds is 3. The summed E-state index contributed by atoms with van der Waals surface area (Å²) in [6.45, 7) is 0. The summed E-state index contributed by atoms with van der Waals surface area (Å²) in [5.74, 6) is -5.15. The molecule has 0 unspecified atom stereocenters. The van der Waals surface area contributed by atoms with Crippen molar-refractivity contribution in [3.05, 3.63) is 69.2 Å². The van der Waals surface area contributed by atoms with Crippen molar-refractivity contribution >= 4 is 21.7 Å². The number of carbonyl (C=O) groups is 1. The molecule has 0 aromatic heterocycles. The lowest BCUT2D eigenvalue weighted by atomic mass is 10.0. The second-order valence-corrected chi connectivity index (χ2v) is 4.83. The fourth-order valence-corrected chi connectivity index (χ4v) is 2.24. The lowest BCUT2D eigenvalue weighted by Gasteiger charge is -2.06. The molecule has 0 fully saturated rings. The SMILES string of the molecule is O=C(Cc1cccc(F)c1F)c1ccc(F)c(F)c1Br. The van der Waals surface area contributed by atoms with Gasteiger partial charge in [-0.05, 0) is 39.7 Å². The molecule has 0 spiro atoms. The minimum atomic E-state index is -1.20. The van der Waals surface area contributed by atoms with Crippen LogP contribution >= 0.6 is 15.9 Å². The first-order valence-corrected chi connectivity index (χ1v) is 6.30. The highest BCUT2D eigenvalue weighted by Gasteiger charge is 2.19. The first-order valence-electron chi connectivity index (χ1n) is 5.51. The fraction of sp³-hybridized carbons (Fsp3) is 0.0714. The van der Waals surface area contributed by atoms with Gasteiger partial charge in [0.2, 0.25) is 0 Å². The third-order valence-electron chi connectivity index (χ3n) is 2.72. The maximum atomic E-state index is 13.4. The van der Waals surface area contributed by atoms with Crippen LogP contribution in [0.15, 0.2) is 34.8 Å². The number of hydrogen-bond donors (Lipinski definition) is 0. The molecule has 0 amide bonds. The van der Waals surface area contributed by atoms with Crippen LogP contribution in [0.3, 0.4) is 0 Å². The van der Waals surface area contributed by atoms with Crippen molar-refractivity contribution in [2.75, 3.05) is 0 Å². The van der Waals surface area contributed by atoms with Crippen molar-refractivity contribution in [3.63, 3.8) is 0 Å². The van der Waals surface area contributed by atoms with E-state index in [1.54, 1.807) is 0 Å². The Bertz CT molecular complexity index is 685. The molecule has 0 bridgehead atoms. The van der Waals surface area contributed by atoms with E-state index in [1.807, 2.05) is 0 Å². The summed E-state index contributed by atoms with van der Waals surface area (Å²) in [7, 11) is 0. The summed E-state index contributed by atoms with van der Waals surface area (Å²) < 4.78 is 52.4. The van der Waals surface area contributed by atoms with Gasteiger partial charge >= 0.3 is 0 Å². The lowest BCUT2D eigenvalue weighted by Crippen LogP contribution is -2.08. The normalized spacial score (nSPS) is 10.7. The molecule has 0 atom stereocenters. The molecular formula is C14H7BrF4O. The summed E-state index contributed by atoms with van der Waals surface area (Å²) >= 11 is 2.77. The number of hydrogen-bond acceptors (Lipinski definition) is 1. The van der Waals surface area contributed by atoms with Crippen molar-refractivity contribution in [1.29, 1.82) is 0 Å². The van der Waals surface area contributed by atoms with Crippen LogP contribution in [0.25, 0.3) is 0 Å². The molecule has 0 N–H and O–H groups in total. The summed E-state index contributed by atoms with van der Waals surface area (Å²) in [6, 6.07) is 5.33. The molecule has 0 saturated heterocycles. The van der Waals surface area contributed by atoms with E-state index < -0.39 is 35.5 Å². The molecule has 0 radical (unpaired) electrons. The molecular weight excluding hydrogens is 340 g/mol. The number of carbonyl (C=O) groups excluding carboxylic acids is 1. The predicted molar refractivity (Wildman–Crippen MR) is 68.5 cm³/mol. The number of ketones is 1. The molecule has 20 heavy (non-hydrogen) atoms. The lowest BCUT2D eigenvalue weighted by molar-refractivity contribution is 0.0990. The van der Waals surface area contributed by atoms with Gasteiger partial charge in [-0.3, -0.25) is 4.79 Å². The van der Waals surface area contributed by atoms with Crippen LogP contribution in [0.1, 0.15) is 15.9 Å². The van der Waals surface area contributed by atoms with Crippen molar-refractivity contribution < 1.29 is 22.4 Å². The summed E-state index contributed by atoms with van der Waals surface area (Å²) in [6.07, 6.45) is -0.451. The monoisotopic (exact) mass is 346 g/mol. The maximum Gasteiger partial charge on any atom is 0.173 e. The maximum absolute atomic E-state index is 13.4. The molecule has 0 heterocycles.